The molecule has 1 atom stereocenters. The van der Waals surface area contributed by atoms with Crippen LogP contribution in [0.2, 0.25) is 0 Å². The summed E-state index contributed by atoms with van der Waals surface area (Å²) in [5.41, 5.74) is 4.36. The van der Waals surface area contributed by atoms with E-state index in [9.17, 15) is 18.0 Å². The summed E-state index contributed by atoms with van der Waals surface area (Å²) >= 11 is 0. The van der Waals surface area contributed by atoms with E-state index >= 15 is 0 Å². The number of nitrogens with one attached hydrogen (secondary N) is 2. The summed E-state index contributed by atoms with van der Waals surface area (Å²) in [5.74, 6) is 0.123. The van der Waals surface area contributed by atoms with Crippen LogP contribution in [-0.4, -0.2) is 46.7 Å². The van der Waals surface area contributed by atoms with Crippen LogP contribution in [0.1, 0.15) is 24.1 Å². The number of para-hydroxylation sites is 1. The number of hydrazone groups is 1. The first-order chi connectivity index (χ1) is 20.8. The van der Waals surface area contributed by atoms with Crippen LogP contribution in [0.4, 0.5) is 5.69 Å². The molecule has 0 bridgehead atoms. The minimum Gasteiger partial charge on any atom is -0.497 e. The Morgan fingerprint density at radius 3 is 2.07 bits per heavy atom. The normalized spacial score (nSPS) is 11.9. The molecule has 2 amide bonds. The number of hydrogen-bond acceptors (Lipinski definition) is 7. The van der Waals surface area contributed by atoms with Gasteiger partial charge in [-0.05, 0) is 78.7 Å². The summed E-state index contributed by atoms with van der Waals surface area (Å²) in [6.07, 6.45) is 1.42. The Labute approximate surface area is 251 Å². The molecule has 0 fully saturated rings. The molecule has 0 saturated heterocycles. The number of carbonyl (C=O) groups excluding carboxylic acids is 2. The minimum absolute atomic E-state index is 0.0129. The highest BCUT2D eigenvalue weighted by Gasteiger charge is 2.27. The van der Waals surface area contributed by atoms with Crippen molar-refractivity contribution >= 4 is 33.7 Å². The lowest BCUT2D eigenvalue weighted by Gasteiger charge is -2.23. The quantitative estimate of drug-likeness (QED) is 0.174. The zero-order valence-corrected chi connectivity index (χ0v) is 24.5. The summed E-state index contributed by atoms with van der Waals surface area (Å²) in [7, 11) is -2.58. The van der Waals surface area contributed by atoms with Gasteiger partial charge >= 0.3 is 0 Å². The van der Waals surface area contributed by atoms with Crippen molar-refractivity contribution in [2.45, 2.75) is 17.9 Å². The van der Waals surface area contributed by atoms with E-state index in [0.29, 0.717) is 22.7 Å². The highest BCUT2D eigenvalue weighted by molar-refractivity contribution is 7.92. The second kappa shape index (κ2) is 14.6. The molecule has 4 aromatic carbocycles. The lowest BCUT2D eigenvalue weighted by atomic mass is 10.1. The number of amides is 2. The first-order valence-electron chi connectivity index (χ1n) is 13.4. The molecule has 0 unspecified atom stereocenters. The van der Waals surface area contributed by atoms with Crippen molar-refractivity contribution in [2.24, 2.45) is 5.10 Å². The van der Waals surface area contributed by atoms with Crippen LogP contribution >= 0.6 is 0 Å². The molecule has 0 aliphatic rings. The van der Waals surface area contributed by atoms with Gasteiger partial charge in [0.1, 0.15) is 18.0 Å². The fourth-order valence-electron chi connectivity index (χ4n) is 4.04. The summed E-state index contributed by atoms with van der Waals surface area (Å²) < 4.78 is 38.6. The third-order valence-corrected chi connectivity index (χ3v) is 8.10. The minimum atomic E-state index is -4.07. The Hall–Kier alpha value is -5.16. The molecule has 0 saturated carbocycles. The van der Waals surface area contributed by atoms with Gasteiger partial charge in [-0.25, -0.2) is 13.8 Å². The fourth-order valence-corrected chi connectivity index (χ4v) is 5.46. The van der Waals surface area contributed by atoms with Crippen LogP contribution in [0.5, 0.6) is 11.5 Å². The standard InChI is InChI=1S/C32H32N4O6S/c1-24(26-9-5-3-6-10-26)34-32(38)23-42-29-15-13-25(14-16-29)21-33-35-31(37)22-36(27-11-7-4-8-12-27)43(39,40)30-19-17-28(41-2)18-20-30/h3-21,24H,22-23H2,1-2H3,(H,34,38)(H,35,37)/b33-21-/t24-/m0/s1. The molecule has 222 valence electrons. The monoisotopic (exact) mass is 600 g/mol. The zero-order valence-electron chi connectivity index (χ0n) is 23.7. The van der Waals surface area contributed by atoms with E-state index in [1.165, 1.54) is 37.6 Å². The van der Waals surface area contributed by atoms with E-state index in [0.717, 1.165) is 9.87 Å². The van der Waals surface area contributed by atoms with Crippen molar-refractivity contribution in [3.05, 3.63) is 120 Å². The number of methoxy groups -OCH3 is 1. The first-order valence-corrected chi connectivity index (χ1v) is 14.8. The molecule has 43 heavy (non-hydrogen) atoms. The van der Waals surface area contributed by atoms with E-state index in [1.807, 2.05) is 37.3 Å². The molecule has 0 spiro atoms. The number of carbonyl (C=O) groups is 2. The smallest absolute Gasteiger partial charge is 0.264 e. The second-order valence-corrected chi connectivity index (χ2v) is 11.2. The van der Waals surface area contributed by atoms with Crippen molar-refractivity contribution in [1.29, 1.82) is 0 Å². The van der Waals surface area contributed by atoms with Gasteiger partial charge in [-0.2, -0.15) is 5.10 Å². The van der Waals surface area contributed by atoms with E-state index in [2.05, 4.69) is 15.8 Å². The van der Waals surface area contributed by atoms with Gasteiger partial charge in [0.25, 0.3) is 21.8 Å². The number of anilines is 1. The molecule has 2 N–H and O–H groups in total. The maximum Gasteiger partial charge on any atom is 0.264 e. The first kappa shape index (κ1) is 30.8. The van der Waals surface area contributed by atoms with Crippen LogP contribution in [0.3, 0.4) is 0 Å². The maximum absolute atomic E-state index is 13.4. The van der Waals surface area contributed by atoms with Crippen molar-refractivity contribution in [3.63, 3.8) is 0 Å². The van der Waals surface area contributed by atoms with E-state index < -0.39 is 22.5 Å². The maximum atomic E-state index is 13.4. The molecule has 0 aliphatic carbocycles. The van der Waals surface area contributed by atoms with Gasteiger partial charge < -0.3 is 14.8 Å². The molecule has 0 heterocycles. The predicted molar refractivity (Wildman–Crippen MR) is 165 cm³/mol. The molecule has 10 nitrogen and oxygen atoms in total. The summed E-state index contributed by atoms with van der Waals surface area (Å²) in [6.45, 7) is 1.27. The number of nitrogens with zero attached hydrogens (tertiary/aromatic N) is 2. The van der Waals surface area contributed by atoms with Crippen LogP contribution < -0.4 is 24.5 Å². The van der Waals surface area contributed by atoms with Gasteiger partial charge in [0.15, 0.2) is 6.61 Å². The number of benzene rings is 4. The highest BCUT2D eigenvalue weighted by Crippen LogP contribution is 2.25. The summed E-state index contributed by atoms with van der Waals surface area (Å²) in [5, 5.41) is 6.86. The Bertz CT molecular complexity index is 1630. The van der Waals surface area contributed by atoms with Crippen LogP contribution in [0, 0.1) is 0 Å². The highest BCUT2D eigenvalue weighted by atomic mass is 32.2. The summed E-state index contributed by atoms with van der Waals surface area (Å²) in [6, 6.07) is 30.5. The average molecular weight is 601 g/mol. The third-order valence-electron chi connectivity index (χ3n) is 6.31. The predicted octanol–water partition coefficient (Wildman–Crippen LogP) is 4.30. The lowest BCUT2D eigenvalue weighted by molar-refractivity contribution is -0.123. The molecule has 0 radical (unpaired) electrons. The fraction of sp³-hybridized carbons (Fsp3) is 0.156. The molecular weight excluding hydrogens is 568 g/mol. The molecule has 0 aromatic heterocycles. The molecular formula is C32H32N4O6S. The Balaban J connectivity index is 1.32. The van der Waals surface area contributed by atoms with E-state index in [-0.39, 0.29) is 23.5 Å². The largest absolute Gasteiger partial charge is 0.497 e. The zero-order chi connectivity index (χ0) is 30.7. The lowest BCUT2D eigenvalue weighted by Crippen LogP contribution is -2.39. The van der Waals surface area contributed by atoms with E-state index in [1.54, 1.807) is 54.6 Å². The SMILES string of the molecule is COc1ccc(S(=O)(=O)N(CC(=O)N/N=C\c2ccc(OCC(=O)N[C@@H](C)c3ccccc3)cc2)c2ccccc2)cc1. The van der Waals surface area contributed by atoms with Crippen molar-refractivity contribution in [3.8, 4) is 11.5 Å². The Morgan fingerprint density at radius 2 is 1.44 bits per heavy atom. The number of sulfonamides is 1. The Kier molecular flexibility index (Phi) is 10.5. The third kappa shape index (κ3) is 8.66. The van der Waals surface area contributed by atoms with Crippen molar-refractivity contribution < 1.29 is 27.5 Å². The van der Waals surface area contributed by atoms with E-state index in [4.69, 9.17) is 9.47 Å². The van der Waals surface area contributed by atoms with Crippen LogP contribution in [-0.2, 0) is 19.6 Å². The van der Waals surface area contributed by atoms with Crippen LogP contribution in [0.25, 0.3) is 0 Å². The van der Waals surface area contributed by atoms with Gasteiger partial charge in [0.2, 0.25) is 0 Å². The molecule has 4 rings (SSSR count). The number of rotatable bonds is 13. The number of hydrogen-bond donors (Lipinski definition) is 2. The van der Waals surface area contributed by atoms with Gasteiger partial charge in [0, 0.05) is 0 Å². The van der Waals surface area contributed by atoms with Gasteiger partial charge in [-0.1, -0.05) is 48.5 Å². The average Bonchev–Trinajstić information content (AvgIpc) is 3.04. The van der Waals surface area contributed by atoms with Crippen molar-refractivity contribution in [1.82, 2.24) is 10.7 Å². The topological polar surface area (TPSA) is 126 Å². The van der Waals surface area contributed by atoms with Gasteiger partial charge in [0.05, 0.1) is 29.9 Å². The van der Waals surface area contributed by atoms with Crippen LogP contribution in [0.15, 0.2) is 119 Å². The van der Waals surface area contributed by atoms with Gasteiger partial charge in [-0.15, -0.1) is 0 Å². The Morgan fingerprint density at radius 1 is 0.837 bits per heavy atom. The summed E-state index contributed by atoms with van der Waals surface area (Å²) in [4.78, 5) is 25.0. The molecule has 0 aliphatic heterocycles. The molecule has 11 heteroatoms. The van der Waals surface area contributed by atoms with Gasteiger partial charge in [-0.3, -0.25) is 13.9 Å². The molecule has 4 aromatic rings. The number of ether oxygens (including phenoxy) is 2. The van der Waals surface area contributed by atoms with Crippen molar-refractivity contribution in [2.75, 3.05) is 24.6 Å². The second-order valence-electron chi connectivity index (χ2n) is 9.37.